The number of rotatable bonds is 1. The van der Waals surface area contributed by atoms with Gasteiger partial charge in [0.15, 0.2) is 5.76 Å². The van der Waals surface area contributed by atoms with Crippen molar-refractivity contribution in [2.45, 2.75) is 25.3 Å². The third kappa shape index (κ3) is 1.86. The third-order valence-electron chi connectivity index (χ3n) is 2.76. The first-order chi connectivity index (χ1) is 8.41. The Morgan fingerprint density at radius 3 is 2.17 bits per heavy atom. The Morgan fingerprint density at radius 1 is 1.06 bits per heavy atom. The largest absolute Gasteiger partial charge is 0.503 e. The lowest BCUT2D eigenvalue weighted by atomic mass is 10.0. The summed E-state index contributed by atoms with van der Waals surface area (Å²) in [6, 6.07) is -0.974. The molecular formula is C10H9N2O6. The molecule has 0 atom stereocenters. The zero-order valence-corrected chi connectivity index (χ0v) is 9.12. The molecular weight excluding hydrogens is 244 g/mol. The second-order valence-corrected chi connectivity index (χ2v) is 3.93. The first-order valence-electron chi connectivity index (χ1n) is 5.12. The second-order valence-electron chi connectivity index (χ2n) is 3.93. The van der Waals surface area contributed by atoms with Gasteiger partial charge in [-0.3, -0.25) is 29.3 Å². The van der Waals surface area contributed by atoms with E-state index in [4.69, 9.17) is 5.21 Å². The molecule has 2 aliphatic rings. The first-order valence-corrected chi connectivity index (χ1v) is 5.12. The molecule has 0 bridgehead atoms. The van der Waals surface area contributed by atoms with E-state index in [-0.39, 0.29) is 24.3 Å². The molecule has 2 heterocycles. The number of hydrogen-bond acceptors (Lipinski definition) is 6. The minimum atomic E-state index is -0.983. The van der Waals surface area contributed by atoms with E-state index >= 15 is 0 Å². The number of hydrogen-bond donors (Lipinski definition) is 2. The van der Waals surface area contributed by atoms with E-state index in [0.29, 0.717) is 4.90 Å². The molecule has 0 aromatic rings. The predicted octanol–water partition coefficient (Wildman–Crippen LogP) is -1.10. The Balaban J connectivity index is 2.24. The number of imide groups is 2. The van der Waals surface area contributed by atoms with Crippen LogP contribution in [0.25, 0.3) is 0 Å². The van der Waals surface area contributed by atoms with Gasteiger partial charge in [-0.1, -0.05) is 0 Å². The van der Waals surface area contributed by atoms with Crippen LogP contribution >= 0.6 is 0 Å². The highest BCUT2D eigenvalue weighted by Gasteiger charge is 2.41. The van der Waals surface area contributed by atoms with Crippen LogP contribution < -0.4 is 0 Å². The zero-order valence-electron chi connectivity index (χ0n) is 9.12. The Morgan fingerprint density at radius 2 is 1.61 bits per heavy atom. The van der Waals surface area contributed by atoms with Gasteiger partial charge in [0.1, 0.15) is 0 Å². The number of carbonyl (C=O) groups excluding carboxylic acids is 4. The molecule has 18 heavy (non-hydrogen) atoms. The van der Waals surface area contributed by atoms with E-state index < -0.39 is 35.4 Å². The summed E-state index contributed by atoms with van der Waals surface area (Å²) in [6.45, 7) is 0. The van der Waals surface area contributed by atoms with E-state index in [0.717, 1.165) is 0 Å². The fourth-order valence-electron chi connectivity index (χ4n) is 1.89. The molecule has 0 saturated carbocycles. The maximum Gasteiger partial charge on any atom is 0.295 e. The van der Waals surface area contributed by atoms with Crippen LogP contribution in [-0.2, 0) is 19.2 Å². The molecule has 0 unspecified atom stereocenters. The fourth-order valence-corrected chi connectivity index (χ4v) is 1.89. The van der Waals surface area contributed by atoms with Crippen molar-refractivity contribution >= 4 is 23.6 Å². The second kappa shape index (κ2) is 4.22. The summed E-state index contributed by atoms with van der Waals surface area (Å²) in [5.74, 6) is -4.12. The van der Waals surface area contributed by atoms with E-state index in [9.17, 15) is 24.3 Å². The summed E-state index contributed by atoms with van der Waals surface area (Å²) in [5, 5.41) is 18.2. The maximum absolute atomic E-state index is 11.6. The lowest BCUT2D eigenvalue weighted by molar-refractivity contribution is -0.186. The summed E-state index contributed by atoms with van der Waals surface area (Å²) in [4.78, 5) is 46.4. The van der Waals surface area contributed by atoms with Gasteiger partial charge >= 0.3 is 0 Å². The molecule has 1 saturated heterocycles. The number of carbonyl (C=O) groups is 4. The number of nitrogens with zero attached hydrogens (tertiary/aromatic N) is 2. The molecule has 1 radical (unpaired) electrons. The van der Waals surface area contributed by atoms with Crippen LogP contribution in [0.3, 0.4) is 0 Å². The predicted molar refractivity (Wildman–Crippen MR) is 52.5 cm³/mol. The zero-order chi connectivity index (χ0) is 13.4. The normalized spacial score (nSPS) is 22.6. The molecule has 0 aliphatic carbocycles. The quantitative estimate of drug-likeness (QED) is 0.452. The van der Waals surface area contributed by atoms with Gasteiger partial charge in [-0.25, -0.2) is 0 Å². The first kappa shape index (κ1) is 12.2. The van der Waals surface area contributed by atoms with Gasteiger partial charge in [-0.05, 0) is 0 Å². The molecule has 2 N–H and O–H groups in total. The summed E-state index contributed by atoms with van der Waals surface area (Å²) in [7, 11) is 0. The van der Waals surface area contributed by atoms with Crippen LogP contribution in [0.1, 0.15) is 19.3 Å². The van der Waals surface area contributed by atoms with Gasteiger partial charge in [0, 0.05) is 6.08 Å². The maximum atomic E-state index is 11.6. The van der Waals surface area contributed by atoms with E-state index in [1.165, 1.54) is 0 Å². The van der Waals surface area contributed by atoms with Crippen molar-refractivity contribution in [3.63, 3.8) is 0 Å². The van der Waals surface area contributed by atoms with Gasteiger partial charge in [-0.2, -0.15) is 5.06 Å². The Labute approximate surface area is 101 Å². The van der Waals surface area contributed by atoms with E-state index in [1.807, 2.05) is 0 Å². The number of piperidine rings is 1. The van der Waals surface area contributed by atoms with Gasteiger partial charge in [0.05, 0.1) is 25.3 Å². The van der Waals surface area contributed by atoms with Gasteiger partial charge in [0.25, 0.3) is 17.7 Å². The Bertz CT molecular complexity index is 465. The van der Waals surface area contributed by atoms with Crippen LogP contribution in [0.5, 0.6) is 0 Å². The van der Waals surface area contributed by atoms with E-state index in [1.54, 1.807) is 0 Å². The molecule has 2 aliphatic heterocycles. The average Bonchev–Trinajstić information content (AvgIpc) is 2.31. The number of aliphatic hydroxyl groups is 1. The van der Waals surface area contributed by atoms with E-state index in [2.05, 4.69) is 6.08 Å². The lowest BCUT2D eigenvalue weighted by Gasteiger charge is -2.34. The van der Waals surface area contributed by atoms with Crippen LogP contribution in [0.2, 0.25) is 0 Å². The molecule has 8 heteroatoms. The molecule has 0 aromatic carbocycles. The van der Waals surface area contributed by atoms with Crippen molar-refractivity contribution in [3.8, 4) is 0 Å². The minimum Gasteiger partial charge on any atom is -0.503 e. The molecule has 1 fully saturated rings. The Hall–Kier alpha value is -2.22. The minimum absolute atomic E-state index is 0.0305. The average molecular weight is 253 g/mol. The number of aliphatic hydroxyl groups excluding tert-OH is 1. The lowest BCUT2D eigenvalue weighted by Crippen LogP contribution is -2.54. The van der Waals surface area contributed by atoms with Crippen LogP contribution in [0, 0.1) is 6.08 Å². The highest BCUT2D eigenvalue weighted by atomic mass is 16.5. The van der Waals surface area contributed by atoms with Crippen molar-refractivity contribution < 1.29 is 29.5 Å². The Kier molecular flexibility index (Phi) is 2.87. The van der Waals surface area contributed by atoms with Crippen LogP contribution in [-0.4, -0.2) is 49.9 Å². The monoisotopic (exact) mass is 253 g/mol. The number of hydroxylamine groups is 2. The molecule has 2 rings (SSSR count). The van der Waals surface area contributed by atoms with Crippen molar-refractivity contribution in [1.29, 1.82) is 0 Å². The topological polar surface area (TPSA) is 115 Å². The molecule has 0 spiro atoms. The fraction of sp³-hybridized carbons (Fsp3) is 0.400. The third-order valence-corrected chi connectivity index (χ3v) is 2.76. The summed E-state index contributed by atoms with van der Waals surface area (Å²) < 4.78 is 0. The molecule has 4 amide bonds. The van der Waals surface area contributed by atoms with Crippen molar-refractivity contribution in [3.05, 3.63) is 11.8 Å². The highest BCUT2D eigenvalue weighted by Crippen LogP contribution is 2.22. The summed E-state index contributed by atoms with van der Waals surface area (Å²) >= 11 is 0. The SMILES string of the molecule is O=C1CC(N2C(=O)C[C]=C(O)C2=O)CC(=O)N1O. The smallest absolute Gasteiger partial charge is 0.295 e. The van der Waals surface area contributed by atoms with Gasteiger partial charge in [-0.15, -0.1) is 0 Å². The number of amides is 4. The van der Waals surface area contributed by atoms with Crippen LogP contribution in [0.4, 0.5) is 0 Å². The van der Waals surface area contributed by atoms with Crippen molar-refractivity contribution in [1.82, 2.24) is 9.96 Å². The standard InChI is InChI=1S/C10H9N2O6/c13-6-1-2-7(14)11(10(6)17)5-3-8(15)12(18)9(16)4-5/h5,13,18H,2-4H2. The van der Waals surface area contributed by atoms with Gasteiger partial charge < -0.3 is 5.11 Å². The molecule has 8 nitrogen and oxygen atoms in total. The van der Waals surface area contributed by atoms with Crippen molar-refractivity contribution in [2.75, 3.05) is 0 Å². The van der Waals surface area contributed by atoms with Crippen molar-refractivity contribution in [2.24, 2.45) is 0 Å². The highest BCUT2D eigenvalue weighted by molar-refractivity contribution is 6.07. The summed E-state index contributed by atoms with van der Waals surface area (Å²) in [6.07, 6.45) is 1.18. The summed E-state index contributed by atoms with van der Waals surface area (Å²) in [5.41, 5.74) is 0. The van der Waals surface area contributed by atoms with Crippen LogP contribution in [0.15, 0.2) is 5.76 Å². The molecule has 95 valence electrons. The molecule has 0 aromatic heterocycles. The van der Waals surface area contributed by atoms with Gasteiger partial charge in [0.2, 0.25) is 5.91 Å².